The van der Waals surface area contributed by atoms with Crippen LogP contribution in [0.25, 0.3) is 12.2 Å². The molecule has 1 aliphatic rings. The Hall–Kier alpha value is -4.72. The quantitative estimate of drug-likeness (QED) is 0.353. The lowest BCUT2D eigenvalue weighted by Gasteiger charge is -2.27. The van der Waals surface area contributed by atoms with Gasteiger partial charge in [-0.25, -0.2) is 0 Å². The SMILES string of the molecule is COc1ccc(/C=C2\CC(NC(=O)c3cccc(N(C)C)c3)C/C(=C\c3ccc(OC)c(OC)c3)C2=O)cc1OC. The standard InChI is InChI=1S/C33H36N2O6/c1-35(2)27-9-7-8-23(20-27)33(37)34-26-18-24(14-21-10-12-28(38-3)30(16-21)40-5)32(36)25(19-26)15-22-11-13-29(39-4)31(17-22)41-6/h7-17,20,26H,18-19H2,1-6H3,(H,34,37)/b24-14+,25-15+. The number of carbonyl (C=O) groups is 2. The highest BCUT2D eigenvalue weighted by molar-refractivity contribution is 6.14. The van der Waals surface area contributed by atoms with Gasteiger partial charge in [-0.1, -0.05) is 18.2 Å². The molecule has 1 saturated carbocycles. The third-order valence-electron chi connectivity index (χ3n) is 6.97. The van der Waals surface area contributed by atoms with Crippen LogP contribution < -0.4 is 29.2 Å². The van der Waals surface area contributed by atoms with Crippen LogP contribution in [0.3, 0.4) is 0 Å². The fourth-order valence-corrected chi connectivity index (χ4v) is 4.83. The molecule has 1 amide bonds. The second-order valence-corrected chi connectivity index (χ2v) is 9.92. The Morgan fingerprint density at radius 1 is 0.756 bits per heavy atom. The van der Waals surface area contributed by atoms with Crippen molar-refractivity contribution in [1.82, 2.24) is 5.32 Å². The molecule has 1 aliphatic carbocycles. The number of amides is 1. The average molecular weight is 557 g/mol. The molecule has 1 fully saturated rings. The van der Waals surface area contributed by atoms with Gasteiger partial charge in [0.1, 0.15) is 0 Å². The molecule has 41 heavy (non-hydrogen) atoms. The fourth-order valence-electron chi connectivity index (χ4n) is 4.83. The summed E-state index contributed by atoms with van der Waals surface area (Å²) in [6.45, 7) is 0. The summed E-state index contributed by atoms with van der Waals surface area (Å²) in [4.78, 5) is 29.0. The van der Waals surface area contributed by atoms with Crippen molar-refractivity contribution in [2.45, 2.75) is 18.9 Å². The minimum Gasteiger partial charge on any atom is -0.493 e. The van der Waals surface area contributed by atoms with E-state index in [1.165, 1.54) is 0 Å². The fraction of sp³-hybridized carbons (Fsp3) is 0.273. The first-order chi connectivity index (χ1) is 19.8. The van der Waals surface area contributed by atoms with E-state index in [0.717, 1.165) is 16.8 Å². The molecule has 0 atom stereocenters. The van der Waals surface area contributed by atoms with E-state index < -0.39 is 0 Å². The lowest BCUT2D eigenvalue weighted by atomic mass is 9.83. The molecular weight excluding hydrogens is 520 g/mol. The molecule has 1 N–H and O–H groups in total. The Bertz CT molecular complexity index is 1410. The molecule has 3 aromatic rings. The van der Waals surface area contributed by atoms with E-state index >= 15 is 0 Å². The topological polar surface area (TPSA) is 86.3 Å². The molecule has 0 heterocycles. The number of benzene rings is 3. The molecule has 3 aromatic carbocycles. The predicted molar refractivity (Wildman–Crippen MR) is 161 cm³/mol. The zero-order valence-corrected chi connectivity index (χ0v) is 24.3. The van der Waals surface area contributed by atoms with Gasteiger partial charge in [0.2, 0.25) is 0 Å². The first-order valence-corrected chi connectivity index (χ1v) is 13.2. The smallest absolute Gasteiger partial charge is 0.251 e. The molecule has 0 unspecified atom stereocenters. The van der Waals surface area contributed by atoms with Gasteiger partial charge in [0.05, 0.1) is 28.4 Å². The molecule has 0 saturated heterocycles. The summed E-state index contributed by atoms with van der Waals surface area (Å²) in [5.41, 5.74) is 4.25. The second-order valence-electron chi connectivity index (χ2n) is 9.92. The highest BCUT2D eigenvalue weighted by atomic mass is 16.5. The van der Waals surface area contributed by atoms with Crippen molar-refractivity contribution in [3.8, 4) is 23.0 Å². The normalized spacial score (nSPS) is 16.8. The van der Waals surface area contributed by atoms with Gasteiger partial charge in [0, 0.05) is 42.5 Å². The van der Waals surface area contributed by atoms with Crippen molar-refractivity contribution >= 4 is 29.5 Å². The van der Waals surface area contributed by atoms with Gasteiger partial charge in [0.25, 0.3) is 5.91 Å². The highest BCUT2D eigenvalue weighted by Gasteiger charge is 2.29. The summed E-state index contributed by atoms with van der Waals surface area (Å²) in [5.74, 6) is 2.07. The number of methoxy groups -OCH3 is 4. The number of ether oxygens (including phenoxy) is 4. The summed E-state index contributed by atoms with van der Waals surface area (Å²) >= 11 is 0. The van der Waals surface area contributed by atoms with Gasteiger partial charge in [-0.05, 0) is 78.6 Å². The van der Waals surface area contributed by atoms with Gasteiger partial charge in [0.15, 0.2) is 28.8 Å². The Labute approximate surface area is 241 Å². The molecule has 8 heteroatoms. The largest absolute Gasteiger partial charge is 0.493 e. The number of anilines is 1. The summed E-state index contributed by atoms with van der Waals surface area (Å²) < 4.78 is 21.6. The highest BCUT2D eigenvalue weighted by Crippen LogP contribution is 2.34. The summed E-state index contributed by atoms with van der Waals surface area (Å²) in [6.07, 6.45) is 4.46. The molecule has 0 aromatic heterocycles. The first kappa shape index (κ1) is 29.3. The van der Waals surface area contributed by atoms with Crippen LogP contribution in [0, 0.1) is 0 Å². The maximum atomic E-state index is 13.7. The van der Waals surface area contributed by atoms with E-state index in [1.54, 1.807) is 46.6 Å². The minimum absolute atomic E-state index is 0.0744. The molecule has 0 spiro atoms. The van der Waals surface area contributed by atoms with Gasteiger partial charge in [-0.2, -0.15) is 0 Å². The second kappa shape index (κ2) is 13.1. The van der Waals surface area contributed by atoms with E-state index in [-0.39, 0.29) is 17.7 Å². The maximum Gasteiger partial charge on any atom is 0.251 e. The van der Waals surface area contributed by atoms with Crippen molar-refractivity contribution < 1.29 is 28.5 Å². The third-order valence-corrected chi connectivity index (χ3v) is 6.97. The van der Waals surface area contributed by atoms with Crippen LogP contribution in [0.4, 0.5) is 5.69 Å². The summed E-state index contributed by atoms with van der Waals surface area (Å²) in [7, 11) is 10.2. The van der Waals surface area contributed by atoms with Crippen LogP contribution in [0.1, 0.15) is 34.3 Å². The Morgan fingerprint density at radius 2 is 1.27 bits per heavy atom. The van der Waals surface area contributed by atoms with Crippen LogP contribution in [-0.4, -0.2) is 60.3 Å². The van der Waals surface area contributed by atoms with Crippen molar-refractivity contribution in [3.63, 3.8) is 0 Å². The monoisotopic (exact) mass is 556 g/mol. The van der Waals surface area contributed by atoms with E-state index in [2.05, 4.69) is 5.32 Å². The molecule has 0 radical (unpaired) electrons. The maximum absolute atomic E-state index is 13.7. The zero-order valence-electron chi connectivity index (χ0n) is 24.3. The van der Waals surface area contributed by atoms with Gasteiger partial charge in [-0.3, -0.25) is 9.59 Å². The van der Waals surface area contributed by atoms with Crippen molar-refractivity contribution in [1.29, 1.82) is 0 Å². The van der Waals surface area contributed by atoms with E-state index in [9.17, 15) is 9.59 Å². The van der Waals surface area contributed by atoms with Crippen LogP contribution in [-0.2, 0) is 4.79 Å². The van der Waals surface area contributed by atoms with Crippen LogP contribution in [0.2, 0.25) is 0 Å². The zero-order chi connectivity index (χ0) is 29.5. The number of nitrogens with one attached hydrogen (secondary N) is 1. The van der Waals surface area contributed by atoms with Crippen LogP contribution in [0.5, 0.6) is 23.0 Å². The van der Waals surface area contributed by atoms with Crippen molar-refractivity contribution in [3.05, 3.63) is 88.5 Å². The predicted octanol–water partition coefficient (Wildman–Crippen LogP) is 5.42. The number of hydrogen-bond acceptors (Lipinski definition) is 7. The molecule has 4 rings (SSSR count). The molecule has 0 bridgehead atoms. The number of ketones is 1. The molecule has 8 nitrogen and oxygen atoms in total. The van der Waals surface area contributed by atoms with Gasteiger partial charge < -0.3 is 29.2 Å². The van der Waals surface area contributed by atoms with Crippen molar-refractivity contribution in [2.75, 3.05) is 47.4 Å². The number of carbonyl (C=O) groups excluding carboxylic acids is 2. The van der Waals surface area contributed by atoms with E-state index in [0.29, 0.717) is 52.5 Å². The van der Waals surface area contributed by atoms with E-state index in [4.69, 9.17) is 18.9 Å². The third kappa shape index (κ3) is 6.90. The number of nitrogens with zero attached hydrogens (tertiary/aromatic N) is 1. The average Bonchev–Trinajstić information content (AvgIpc) is 2.99. The molecule has 214 valence electrons. The Balaban J connectivity index is 1.70. The number of rotatable bonds is 9. The van der Waals surface area contributed by atoms with Crippen LogP contribution >= 0.6 is 0 Å². The number of Topliss-reactive ketones (excluding diaryl/α,β-unsaturated/α-hetero) is 1. The minimum atomic E-state index is -0.291. The van der Waals surface area contributed by atoms with Gasteiger partial charge >= 0.3 is 0 Å². The Kier molecular flexibility index (Phi) is 9.34. The summed E-state index contributed by atoms with van der Waals surface area (Å²) in [5, 5.41) is 3.15. The lowest BCUT2D eigenvalue weighted by Crippen LogP contribution is -2.39. The summed E-state index contributed by atoms with van der Waals surface area (Å²) in [6, 6.07) is 18.2. The lowest BCUT2D eigenvalue weighted by molar-refractivity contribution is -0.113. The molecular formula is C33H36N2O6. The first-order valence-electron chi connectivity index (χ1n) is 13.2. The molecule has 0 aliphatic heterocycles. The number of hydrogen-bond donors (Lipinski definition) is 1. The van der Waals surface area contributed by atoms with E-state index in [1.807, 2.05) is 73.6 Å². The van der Waals surface area contributed by atoms with Gasteiger partial charge in [-0.15, -0.1) is 0 Å². The Morgan fingerprint density at radius 3 is 1.73 bits per heavy atom. The van der Waals surface area contributed by atoms with Crippen LogP contribution in [0.15, 0.2) is 71.8 Å². The van der Waals surface area contributed by atoms with Crippen molar-refractivity contribution in [2.24, 2.45) is 0 Å².